The van der Waals surface area contributed by atoms with E-state index in [1.165, 1.54) is 7.11 Å². The molecule has 170 valence electrons. The third-order valence-corrected chi connectivity index (χ3v) is 6.30. The number of nitriles is 1. The van der Waals surface area contributed by atoms with Gasteiger partial charge in [0.15, 0.2) is 0 Å². The summed E-state index contributed by atoms with van der Waals surface area (Å²) < 4.78 is 16.3. The van der Waals surface area contributed by atoms with Crippen molar-refractivity contribution in [2.75, 3.05) is 20.3 Å². The second-order valence-electron chi connectivity index (χ2n) is 8.39. The Labute approximate surface area is 198 Å². The highest BCUT2D eigenvalue weighted by atomic mass is 16.5. The molecule has 34 heavy (non-hydrogen) atoms. The predicted octanol–water partition coefficient (Wildman–Crippen LogP) is 5.06. The Hall–Kier alpha value is -3.95. The first-order valence-electron chi connectivity index (χ1n) is 11.3. The lowest BCUT2D eigenvalue weighted by Crippen LogP contribution is -2.26. The number of carbonyl (C=O) groups excluding carboxylic acids is 1. The zero-order chi connectivity index (χ0) is 23.5. The maximum absolute atomic E-state index is 11.7. The molecule has 2 aliphatic rings. The number of hydrogen-bond acceptors (Lipinski definition) is 6. The summed E-state index contributed by atoms with van der Waals surface area (Å²) in [5.74, 6) is 0.266. The SMILES string of the molecule is COC(=O)c1ccc(C2=Cc3c(-c4ccc(OC5CCOCC5)c(C#N)c4)ccnc3C2)cc1. The van der Waals surface area contributed by atoms with Crippen molar-refractivity contribution < 1.29 is 19.0 Å². The minimum Gasteiger partial charge on any atom is -0.489 e. The monoisotopic (exact) mass is 452 g/mol. The molecule has 1 saturated heterocycles. The predicted molar refractivity (Wildman–Crippen MR) is 128 cm³/mol. The van der Waals surface area contributed by atoms with Crippen molar-refractivity contribution in [1.29, 1.82) is 5.26 Å². The van der Waals surface area contributed by atoms with E-state index in [-0.39, 0.29) is 12.1 Å². The quantitative estimate of drug-likeness (QED) is 0.503. The number of pyridine rings is 1. The number of carbonyl (C=O) groups is 1. The van der Waals surface area contributed by atoms with Gasteiger partial charge in [-0.05, 0) is 58.7 Å². The van der Waals surface area contributed by atoms with Gasteiger partial charge < -0.3 is 14.2 Å². The fourth-order valence-electron chi connectivity index (χ4n) is 4.46. The number of benzene rings is 2. The number of esters is 1. The molecule has 0 radical (unpaired) electrons. The summed E-state index contributed by atoms with van der Waals surface area (Å²) in [7, 11) is 1.38. The van der Waals surface area contributed by atoms with Crippen LogP contribution in [0.4, 0.5) is 0 Å². The number of fused-ring (bicyclic) bond motifs is 1. The summed E-state index contributed by atoms with van der Waals surface area (Å²) in [5.41, 5.74) is 7.24. The van der Waals surface area contributed by atoms with Crippen LogP contribution in [-0.4, -0.2) is 37.4 Å². The van der Waals surface area contributed by atoms with Crippen molar-refractivity contribution in [3.05, 3.63) is 82.7 Å². The molecule has 0 atom stereocenters. The minimum absolute atomic E-state index is 0.0768. The third-order valence-electron chi connectivity index (χ3n) is 6.30. The lowest BCUT2D eigenvalue weighted by atomic mass is 9.98. The maximum Gasteiger partial charge on any atom is 0.337 e. The molecule has 2 aromatic carbocycles. The van der Waals surface area contributed by atoms with E-state index in [9.17, 15) is 10.1 Å². The third kappa shape index (κ3) is 4.30. The van der Waals surface area contributed by atoms with Gasteiger partial charge >= 0.3 is 5.97 Å². The van der Waals surface area contributed by atoms with Gasteiger partial charge in [0.05, 0.1) is 37.1 Å². The average molecular weight is 453 g/mol. The summed E-state index contributed by atoms with van der Waals surface area (Å²) in [5, 5.41) is 9.77. The summed E-state index contributed by atoms with van der Waals surface area (Å²) in [6.45, 7) is 1.38. The van der Waals surface area contributed by atoms with Crippen molar-refractivity contribution in [1.82, 2.24) is 4.98 Å². The first-order chi connectivity index (χ1) is 16.7. The van der Waals surface area contributed by atoms with Gasteiger partial charge in [-0.1, -0.05) is 18.2 Å². The van der Waals surface area contributed by atoms with Crippen molar-refractivity contribution in [3.63, 3.8) is 0 Å². The topological polar surface area (TPSA) is 81.4 Å². The van der Waals surface area contributed by atoms with E-state index < -0.39 is 0 Å². The van der Waals surface area contributed by atoms with Crippen molar-refractivity contribution >= 4 is 17.6 Å². The van der Waals surface area contributed by atoms with Crippen LogP contribution in [0, 0.1) is 11.3 Å². The molecule has 0 bridgehead atoms. The van der Waals surface area contributed by atoms with E-state index in [0.717, 1.165) is 46.4 Å². The largest absolute Gasteiger partial charge is 0.489 e. The molecule has 1 aliphatic heterocycles. The minimum atomic E-state index is -0.350. The van der Waals surface area contributed by atoms with Crippen molar-refractivity contribution in [2.24, 2.45) is 0 Å². The van der Waals surface area contributed by atoms with E-state index in [4.69, 9.17) is 14.2 Å². The number of ether oxygens (including phenoxy) is 3. The average Bonchev–Trinajstić information content (AvgIpc) is 3.34. The van der Waals surface area contributed by atoms with Gasteiger partial charge in [-0.3, -0.25) is 4.98 Å². The highest BCUT2D eigenvalue weighted by molar-refractivity contribution is 5.94. The van der Waals surface area contributed by atoms with Gasteiger partial charge in [-0.25, -0.2) is 4.79 Å². The first kappa shape index (κ1) is 21.9. The molecular formula is C28H24N2O4. The molecule has 1 fully saturated rings. The highest BCUT2D eigenvalue weighted by Gasteiger charge is 2.21. The molecule has 5 rings (SSSR count). The van der Waals surface area contributed by atoms with Crippen LogP contribution in [0.1, 0.15) is 45.6 Å². The number of aromatic nitrogens is 1. The number of methoxy groups -OCH3 is 1. The van der Waals surface area contributed by atoms with Crippen molar-refractivity contribution in [2.45, 2.75) is 25.4 Å². The van der Waals surface area contributed by atoms with E-state index in [0.29, 0.717) is 36.5 Å². The molecule has 1 aliphatic carbocycles. The van der Waals surface area contributed by atoms with Gasteiger partial charge in [-0.15, -0.1) is 0 Å². The summed E-state index contributed by atoms with van der Waals surface area (Å²) in [6.07, 6.45) is 6.40. The maximum atomic E-state index is 11.7. The zero-order valence-electron chi connectivity index (χ0n) is 18.9. The Morgan fingerprint density at radius 1 is 1.09 bits per heavy atom. The summed E-state index contributed by atoms with van der Waals surface area (Å²) in [6, 6.07) is 17.5. The van der Waals surface area contributed by atoms with Crippen LogP contribution in [0.5, 0.6) is 5.75 Å². The van der Waals surface area contributed by atoms with E-state index in [2.05, 4.69) is 17.1 Å². The lowest BCUT2D eigenvalue weighted by Gasteiger charge is -2.24. The molecule has 0 unspecified atom stereocenters. The summed E-state index contributed by atoms with van der Waals surface area (Å²) >= 11 is 0. The molecule has 2 heterocycles. The molecule has 6 nitrogen and oxygen atoms in total. The second-order valence-corrected chi connectivity index (χ2v) is 8.39. The van der Waals surface area contributed by atoms with Crippen LogP contribution in [0.15, 0.2) is 54.7 Å². The smallest absolute Gasteiger partial charge is 0.337 e. The van der Waals surface area contributed by atoms with Gasteiger partial charge in [0, 0.05) is 31.0 Å². The van der Waals surface area contributed by atoms with Crippen LogP contribution >= 0.6 is 0 Å². The number of nitrogens with zero attached hydrogens (tertiary/aromatic N) is 2. The Bertz CT molecular complexity index is 1300. The normalized spacial score (nSPS) is 15.2. The first-order valence-corrected chi connectivity index (χ1v) is 11.3. The zero-order valence-corrected chi connectivity index (χ0v) is 18.9. The van der Waals surface area contributed by atoms with Crippen molar-refractivity contribution in [3.8, 4) is 22.9 Å². The highest BCUT2D eigenvalue weighted by Crippen LogP contribution is 2.38. The lowest BCUT2D eigenvalue weighted by molar-refractivity contribution is 0.0254. The Balaban J connectivity index is 1.44. The van der Waals surface area contributed by atoms with Crippen LogP contribution < -0.4 is 4.74 Å². The Morgan fingerprint density at radius 3 is 2.59 bits per heavy atom. The fraction of sp³-hybridized carbons (Fsp3) is 0.250. The Kier molecular flexibility index (Phi) is 6.11. The molecule has 3 aromatic rings. The molecule has 0 spiro atoms. The van der Waals surface area contributed by atoms with Crippen LogP contribution in [0.25, 0.3) is 22.8 Å². The van der Waals surface area contributed by atoms with E-state index >= 15 is 0 Å². The molecule has 0 saturated carbocycles. The van der Waals surface area contributed by atoms with Gasteiger partial charge in [0.2, 0.25) is 0 Å². The van der Waals surface area contributed by atoms with Crippen LogP contribution in [-0.2, 0) is 15.9 Å². The molecule has 0 amide bonds. The number of allylic oxidation sites excluding steroid dienone is 1. The van der Waals surface area contributed by atoms with Gasteiger partial charge in [0.25, 0.3) is 0 Å². The molecule has 6 heteroatoms. The fourth-order valence-corrected chi connectivity index (χ4v) is 4.46. The molecule has 0 N–H and O–H groups in total. The molecular weight excluding hydrogens is 428 g/mol. The van der Waals surface area contributed by atoms with E-state index in [1.807, 2.05) is 42.6 Å². The second kappa shape index (κ2) is 9.50. The van der Waals surface area contributed by atoms with Crippen LogP contribution in [0.2, 0.25) is 0 Å². The molecule has 1 aromatic heterocycles. The van der Waals surface area contributed by atoms with Gasteiger partial charge in [-0.2, -0.15) is 5.26 Å². The number of rotatable bonds is 5. The van der Waals surface area contributed by atoms with Gasteiger partial charge in [0.1, 0.15) is 17.9 Å². The number of hydrogen-bond donors (Lipinski definition) is 0. The van der Waals surface area contributed by atoms with E-state index in [1.54, 1.807) is 12.1 Å². The van der Waals surface area contributed by atoms with Crippen LogP contribution in [0.3, 0.4) is 0 Å². The Morgan fingerprint density at radius 2 is 1.85 bits per heavy atom. The summed E-state index contributed by atoms with van der Waals surface area (Å²) in [4.78, 5) is 16.3. The standard InChI is InChI=1S/C28H24N2O4/c1-32-28(31)19-4-2-18(3-5-19)21-15-25-24(8-11-30-26(25)16-21)20-6-7-27(22(14-20)17-29)34-23-9-12-33-13-10-23/h2-8,11,14-15,23H,9-10,12-13,16H2,1H3.